The summed E-state index contributed by atoms with van der Waals surface area (Å²) in [6.45, 7) is 9.84. The van der Waals surface area contributed by atoms with Gasteiger partial charge in [0, 0.05) is 32.2 Å². The Kier molecular flexibility index (Phi) is 4.35. The van der Waals surface area contributed by atoms with Crippen molar-refractivity contribution < 1.29 is 0 Å². The van der Waals surface area contributed by atoms with Gasteiger partial charge >= 0.3 is 0 Å². The average molecular weight is 243 g/mol. The van der Waals surface area contributed by atoms with E-state index in [1.807, 2.05) is 18.2 Å². The molecule has 0 bridgehead atoms. The lowest BCUT2D eigenvalue weighted by molar-refractivity contribution is 0.0834. The molecule has 0 amide bonds. The molecule has 1 aromatic carbocycles. The minimum absolute atomic E-state index is 0.609. The maximum atomic E-state index is 9.10. The molecule has 1 unspecified atom stereocenters. The fourth-order valence-electron chi connectivity index (χ4n) is 2.69. The zero-order chi connectivity index (χ0) is 13.0. The van der Waals surface area contributed by atoms with Crippen molar-refractivity contribution in [3.8, 4) is 6.07 Å². The molecular formula is C15H21N3. The van der Waals surface area contributed by atoms with Gasteiger partial charge in [0.25, 0.3) is 0 Å². The summed E-state index contributed by atoms with van der Waals surface area (Å²) in [6.07, 6.45) is 0. The van der Waals surface area contributed by atoms with Gasteiger partial charge < -0.3 is 0 Å². The Balaban J connectivity index is 2.01. The molecule has 1 fully saturated rings. The normalized spacial score (nSPS) is 21.7. The quantitative estimate of drug-likeness (QED) is 0.814. The van der Waals surface area contributed by atoms with Gasteiger partial charge in [0.1, 0.15) is 0 Å². The number of hydrogen-bond donors (Lipinski definition) is 0. The number of likely N-dealkylation sites (N-methyl/N-ethyl adjacent to an activating group) is 1. The van der Waals surface area contributed by atoms with E-state index in [0.29, 0.717) is 6.04 Å². The molecule has 1 saturated heterocycles. The topological polar surface area (TPSA) is 30.3 Å². The van der Waals surface area contributed by atoms with E-state index < -0.39 is 0 Å². The minimum atomic E-state index is 0.609. The van der Waals surface area contributed by atoms with Crippen LogP contribution < -0.4 is 0 Å². The van der Waals surface area contributed by atoms with Gasteiger partial charge in [-0.1, -0.05) is 25.1 Å². The molecule has 0 N–H and O–H groups in total. The molecule has 0 saturated carbocycles. The Labute approximate surface area is 110 Å². The van der Waals surface area contributed by atoms with Crippen LogP contribution in [0.1, 0.15) is 25.0 Å². The third-order valence-corrected chi connectivity index (χ3v) is 3.79. The number of hydrogen-bond acceptors (Lipinski definition) is 3. The van der Waals surface area contributed by atoms with Gasteiger partial charge in [-0.05, 0) is 25.1 Å². The smallest absolute Gasteiger partial charge is 0.0995 e. The molecule has 1 atom stereocenters. The van der Waals surface area contributed by atoms with Gasteiger partial charge in [-0.3, -0.25) is 9.80 Å². The highest BCUT2D eigenvalue weighted by Crippen LogP contribution is 2.15. The molecule has 1 aromatic rings. The largest absolute Gasteiger partial charge is 0.298 e. The Morgan fingerprint density at radius 3 is 2.78 bits per heavy atom. The highest BCUT2D eigenvalue weighted by Gasteiger charge is 2.22. The molecule has 1 heterocycles. The number of piperazine rings is 1. The van der Waals surface area contributed by atoms with Gasteiger partial charge in [0.15, 0.2) is 0 Å². The van der Waals surface area contributed by atoms with Crippen LogP contribution in [0.5, 0.6) is 0 Å². The lowest BCUT2D eigenvalue weighted by atomic mass is 10.1. The summed E-state index contributed by atoms with van der Waals surface area (Å²) in [5, 5.41) is 9.10. The van der Waals surface area contributed by atoms with E-state index in [4.69, 9.17) is 5.26 Å². The van der Waals surface area contributed by atoms with E-state index in [0.717, 1.165) is 43.9 Å². The predicted molar refractivity (Wildman–Crippen MR) is 73.1 cm³/mol. The van der Waals surface area contributed by atoms with Gasteiger partial charge in [0.2, 0.25) is 0 Å². The molecule has 0 aliphatic carbocycles. The molecule has 3 heteroatoms. The van der Waals surface area contributed by atoms with Crippen molar-refractivity contribution in [1.29, 1.82) is 5.26 Å². The van der Waals surface area contributed by atoms with Crippen LogP contribution in [0, 0.1) is 11.3 Å². The second kappa shape index (κ2) is 5.99. The maximum absolute atomic E-state index is 9.10. The SMILES string of the molecule is CCN1CCN(Cc2ccccc2C#N)CC1C. The van der Waals surface area contributed by atoms with Crippen LogP contribution in [-0.2, 0) is 6.54 Å². The molecule has 18 heavy (non-hydrogen) atoms. The number of benzene rings is 1. The molecule has 1 aliphatic heterocycles. The van der Waals surface area contributed by atoms with Crippen LogP contribution in [0.4, 0.5) is 0 Å². The van der Waals surface area contributed by atoms with Crippen LogP contribution in [0.2, 0.25) is 0 Å². The standard InChI is InChI=1S/C15H21N3/c1-3-18-9-8-17(11-13(18)2)12-15-7-5-4-6-14(15)10-16/h4-7,13H,3,8-9,11-12H2,1-2H3. The predicted octanol–water partition coefficient (Wildman–Crippen LogP) is 2.08. The van der Waals surface area contributed by atoms with Crippen LogP contribution in [0.3, 0.4) is 0 Å². The zero-order valence-corrected chi connectivity index (χ0v) is 11.3. The van der Waals surface area contributed by atoms with E-state index in [1.54, 1.807) is 0 Å². The lowest BCUT2D eigenvalue weighted by Gasteiger charge is -2.39. The van der Waals surface area contributed by atoms with E-state index in [9.17, 15) is 0 Å². The second-order valence-electron chi connectivity index (χ2n) is 4.98. The third kappa shape index (κ3) is 2.90. The van der Waals surface area contributed by atoms with Gasteiger partial charge in [-0.25, -0.2) is 0 Å². The van der Waals surface area contributed by atoms with Crippen LogP contribution in [0.25, 0.3) is 0 Å². The number of nitriles is 1. The molecule has 0 aromatic heterocycles. The zero-order valence-electron chi connectivity index (χ0n) is 11.3. The van der Waals surface area contributed by atoms with Crippen molar-refractivity contribution in [2.45, 2.75) is 26.4 Å². The van der Waals surface area contributed by atoms with Gasteiger partial charge in [-0.15, -0.1) is 0 Å². The van der Waals surface area contributed by atoms with Crippen LogP contribution in [0.15, 0.2) is 24.3 Å². The molecule has 0 spiro atoms. The Morgan fingerprint density at radius 2 is 2.11 bits per heavy atom. The summed E-state index contributed by atoms with van der Waals surface area (Å²) < 4.78 is 0. The lowest BCUT2D eigenvalue weighted by Crippen LogP contribution is -2.51. The summed E-state index contributed by atoms with van der Waals surface area (Å²) in [5.74, 6) is 0. The van der Waals surface area contributed by atoms with Gasteiger partial charge in [0.05, 0.1) is 11.6 Å². The first-order chi connectivity index (χ1) is 8.74. The van der Waals surface area contributed by atoms with Crippen LogP contribution >= 0.6 is 0 Å². The van der Waals surface area contributed by atoms with E-state index in [2.05, 4.69) is 35.8 Å². The van der Waals surface area contributed by atoms with E-state index >= 15 is 0 Å². The summed E-state index contributed by atoms with van der Waals surface area (Å²) in [6, 6.07) is 10.8. The van der Waals surface area contributed by atoms with Crippen molar-refractivity contribution in [2.24, 2.45) is 0 Å². The summed E-state index contributed by atoms with van der Waals surface area (Å²) in [5.41, 5.74) is 1.96. The third-order valence-electron chi connectivity index (χ3n) is 3.79. The average Bonchev–Trinajstić information content (AvgIpc) is 2.39. The van der Waals surface area contributed by atoms with Crippen molar-refractivity contribution in [1.82, 2.24) is 9.80 Å². The maximum Gasteiger partial charge on any atom is 0.0995 e. The molecular weight excluding hydrogens is 222 g/mol. The van der Waals surface area contributed by atoms with Crippen molar-refractivity contribution in [3.05, 3.63) is 35.4 Å². The van der Waals surface area contributed by atoms with Crippen molar-refractivity contribution in [2.75, 3.05) is 26.2 Å². The first-order valence-corrected chi connectivity index (χ1v) is 6.69. The first-order valence-electron chi connectivity index (χ1n) is 6.69. The van der Waals surface area contributed by atoms with Crippen molar-refractivity contribution in [3.63, 3.8) is 0 Å². The molecule has 3 nitrogen and oxygen atoms in total. The molecule has 96 valence electrons. The number of rotatable bonds is 3. The molecule has 1 aliphatic rings. The minimum Gasteiger partial charge on any atom is -0.298 e. The van der Waals surface area contributed by atoms with Gasteiger partial charge in [-0.2, -0.15) is 5.26 Å². The van der Waals surface area contributed by atoms with E-state index in [-0.39, 0.29) is 0 Å². The highest BCUT2D eigenvalue weighted by atomic mass is 15.3. The molecule has 0 radical (unpaired) electrons. The monoisotopic (exact) mass is 243 g/mol. The Morgan fingerprint density at radius 1 is 1.33 bits per heavy atom. The summed E-state index contributed by atoms with van der Waals surface area (Å²) in [4.78, 5) is 4.96. The highest BCUT2D eigenvalue weighted by molar-refractivity contribution is 5.37. The van der Waals surface area contributed by atoms with Crippen molar-refractivity contribution >= 4 is 0 Å². The second-order valence-corrected chi connectivity index (χ2v) is 4.98. The summed E-state index contributed by atoms with van der Waals surface area (Å²) >= 11 is 0. The first kappa shape index (κ1) is 13.1. The molecule has 2 rings (SSSR count). The Bertz CT molecular complexity index is 436. The fourth-order valence-corrected chi connectivity index (χ4v) is 2.69. The van der Waals surface area contributed by atoms with E-state index in [1.165, 1.54) is 0 Å². The Hall–Kier alpha value is -1.37. The van der Waals surface area contributed by atoms with Crippen LogP contribution in [-0.4, -0.2) is 42.0 Å². The fraction of sp³-hybridized carbons (Fsp3) is 0.533. The summed E-state index contributed by atoms with van der Waals surface area (Å²) in [7, 11) is 0. The number of nitrogens with zero attached hydrogens (tertiary/aromatic N) is 3.